The standard InChI is InChI=1S/C27H22ClN5O5/c1-16-7-10-18(28)13-21(16)29-23(34)14-32-22-6-4-3-5-20(22)26(35)33(27(32)36)15-24-30-25(31-38-24)17-8-11-19(37-2)12-9-17/h3-13H,14-15H2,1-2H3,(H,29,34). The molecule has 0 radical (unpaired) electrons. The molecule has 3 aromatic carbocycles. The molecule has 0 aliphatic heterocycles. The van der Waals surface area contributed by atoms with E-state index in [1.54, 1.807) is 73.8 Å². The molecule has 2 aromatic heterocycles. The Hall–Kier alpha value is -4.70. The number of halogens is 1. The van der Waals surface area contributed by atoms with Crippen molar-refractivity contribution in [3.8, 4) is 17.1 Å². The monoisotopic (exact) mass is 531 g/mol. The van der Waals surface area contributed by atoms with Crippen LogP contribution in [-0.4, -0.2) is 32.3 Å². The van der Waals surface area contributed by atoms with Crippen molar-refractivity contribution in [3.05, 3.63) is 104 Å². The van der Waals surface area contributed by atoms with E-state index in [2.05, 4.69) is 15.5 Å². The largest absolute Gasteiger partial charge is 0.497 e. The second kappa shape index (κ2) is 10.3. The van der Waals surface area contributed by atoms with Gasteiger partial charge in [-0.1, -0.05) is 35.0 Å². The van der Waals surface area contributed by atoms with Crippen LogP contribution < -0.4 is 21.3 Å². The minimum atomic E-state index is -0.684. The number of carbonyl (C=O) groups excluding carboxylic acids is 1. The highest BCUT2D eigenvalue weighted by Gasteiger charge is 2.18. The molecule has 0 aliphatic carbocycles. The zero-order valence-corrected chi connectivity index (χ0v) is 21.2. The average Bonchev–Trinajstić information content (AvgIpc) is 3.40. The molecule has 0 spiro atoms. The Kier molecular flexibility index (Phi) is 6.80. The minimum Gasteiger partial charge on any atom is -0.497 e. The van der Waals surface area contributed by atoms with Crippen LogP contribution in [0.3, 0.4) is 0 Å². The maximum Gasteiger partial charge on any atom is 0.332 e. The highest BCUT2D eigenvalue weighted by atomic mass is 35.5. The van der Waals surface area contributed by atoms with E-state index < -0.39 is 17.2 Å². The van der Waals surface area contributed by atoms with Crippen molar-refractivity contribution in [1.29, 1.82) is 0 Å². The molecule has 1 amide bonds. The van der Waals surface area contributed by atoms with Gasteiger partial charge in [0.1, 0.15) is 18.8 Å². The third-order valence-corrected chi connectivity index (χ3v) is 6.25. The predicted molar refractivity (Wildman–Crippen MR) is 143 cm³/mol. The van der Waals surface area contributed by atoms with Gasteiger partial charge in [0.2, 0.25) is 17.6 Å². The average molecular weight is 532 g/mol. The molecule has 0 bridgehead atoms. The van der Waals surface area contributed by atoms with Crippen molar-refractivity contribution in [2.75, 3.05) is 12.4 Å². The van der Waals surface area contributed by atoms with Crippen LogP contribution >= 0.6 is 11.6 Å². The second-order valence-corrected chi connectivity index (χ2v) is 8.96. The highest BCUT2D eigenvalue weighted by Crippen LogP contribution is 2.21. The zero-order chi connectivity index (χ0) is 26.8. The number of nitrogens with zero attached hydrogens (tertiary/aromatic N) is 4. The van der Waals surface area contributed by atoms with E-state index in [1.807, 2.05) is 6.92 Å². The molecular formula is C27H22ClN5O5. The van der Waals surface area contributed by atoms with Crippen molar-refractivity contribution in [2.24, 2.45) is 0 Å². The summed E-state index contributed by atoms with van der Waals surface area (Å²) in [6.07, 6.45) is 0. The number of benzene rings is 3. The van der Waals surface area contributed by atoms with Crippen LogP contribution in [0.25, 0.3) is 22.3 Å². The van der Waals surface area contributed by atoms with Crippen molar-refractivity contribution in [3.63, 3.8) is 0 Å². The molecule has 0 fully saturated rings. The second-order valence-electron chi connectivity index (χ2n) is 8.52. The van der Waals surface area contributed by atoms with E-state index >= 15 is 0 Å². The Balaban J connectivity index is 1.49. The molecule has 11 heteroatoms. The van der Waals surface area contributed by atoms with Crippen molar-refractivity contribution in [1.82, 2.24) is 19.3 Å². The van der Waals surface area contributed by atoms with Gasteiger partial charge in [-0.3, -0.25) is 18.7 Å². The van der Waals surface area contributed by atoms with Crippen LogP contribution in [0.1, 0.15) is 11.5 Å². The maximum atomic E-state index is 13.5. The summed E-state index contributed by atoms with van der Waals surface area (Å²) in [5.41, 5.74) is 1.14. The summed E-state index contributed by atoms with van der Waals surface area (Å²) in [7, 11) is 1.57. The first-order valence-electron chi connectivity index (χ1n) is 11.6. The molecule has 0 saturated heterocycles. The Labute approximate surface area is 221 Å². The van der Waals surface area contributed by atoms with E-state index in [4.69, 9.17) is 20.9 Å². The Bertz CT molecular complexity index is 1770. The number of hydrogen-bond acceptors (Lipinski definition) is 7. The van der Waals surface area contributed by atoms with Crippen LogP contribution in [0.4, 0.5) is 5.69 Å². The fourth-order valence-corrected chi connectivity index (χ4v) is 4.21. The van der Waals surface area contributed by atoms with Gasteiger partial charge in [-0.2, -0.15) is 4.98 Å². The Morgan fingerprint density at radius 3 is 2.58 bits per heavy atom. The molecule has 10 nitrogen and oxygen atoms in total. The molecule has 5 rings (SSSR count). The van der Waals surface area contributed by atoms with Gasteiger partial charge in [0, 0.05) is 16.3 Å². The first kappa shape index (κ1) is 25.0. The number of aryl methyl sites for hydroxylation is 1. The number of nitrogens with one attached hydrogen (secondary N) is 1. The number of hydrogen-bond donors (Lipinski definition) is 1. The summed E-state index contributed by atoms with van der Waals surface area (Å²) < 4.78 is 12.7. The lowest BCUT2D eigenvalue weighted by molar-refractivity contribution is -0.116. The topological polar surface area (TPSA) is 121 Å². The van der Waals surface area contributed by atoms with Gasteiger partial charge in [-0.15, -0.1) is 0 Å². The van der Waals surface area contributed by atoms with Gasteiger partial charge < -0.3 is 14.6 Å². The van der Waals surface area contributed by atoms with Gasteiger partial charge in [0.25, 0.3) is 5.56 Å². The van der Waals surface area contributed by atoms with Crippen molar-refractivity contribution >= 4 is 34.1 Å². The molecule has 0 aliphatic rings. The molecular weight excluding hydrogens is 510 g/mol. The lowest BCUT2D eigenvalue weighted by Crippen LogP contribution is -2.42. The normalized spacial score (nSPS) is 11.0. The number of rotatable bonds is 7. The SMILES string of the molecule is COc1ccc(-c2noc(Cn3c(=O)c4ccccc4n(CC(=O)Nc4cc(Cl)ccc4C)c3=O)n2)cc1. The quantitative estimate of drug-likeness (QED) is 0.338. The number of amides is 1. The smallest absolute Gasteiger partial charge is 0.332 e. The maximum absolute atomic E-state index is 13.5. The van der Waals surface area contributed by atoms with Gasteiger partial charge in [0.15, 0.2) is 0 Å². The third-order valence-electron chi connectivity index (χ3n) is 6.02. The van der Waals surface area contributed by atoms with Gasteiger partial charge in [0.05, 0.1) is 18.0 Å². The molecule has 5 aromatic rings. The van der Waals surface area contributed by atoms with Gasteiger partial charge in [-0.05, 0) is 61.0 Å². The molecule has 0 unspecified atom stereocenters. The number of para-hydroxylation sites is 1. The fraction of sp³-hybridized carbons (Fsp3) is 0.148. The lowest BCUT2D eigenvalue weighted by atomic mass is 10.2. The number of carbonyl (C=O) groups is 1. The molecule has 2 heterocycles. The summed E-state index contributed by atoms with van der Waals surface area (Å²) in [5.74, 6) is 0.589. The van der Waals surface area contributed by atoms with Crippen LogP contribution in [0.2, 0.25) is 5.02 Å². The van der Waals surface area contributed by atoms with E-state index in [0.717, 1.165) is 10.1 Å². The zero-order valence-electron chi connectivity index (χ0n) is 20.5. The van der Waals surface area contributed by atoms with E-state index in [-0.39, 0.29) is 24.4 Å². The van der Waals surface area contributed by atoms with Crippen molar-refractivity contribution in [2.45, 2.75) is 20.0 Å². The fourth-order valence-electron chi connectivity index (χ4n) is 4.04. The molecule has 0 saturated carbocycles. The number of fused-ring (bicyclic) bond motifs is 1. The number of aromatic nitrogens is 4. The van der Waals surface area contributed by atoms with E-state index in [9.17, 15) is 14.4 Å². The van der Waals surface area contributed by atoms with E-state index in [0.29, 0.717) is 33.4 Å². The summed E-state index contributed by atoms with van der Waals surface area (Å²) in [5, 5.41) is 7.49. The van der Waals surface area contributed by atoms with Crippen LogP contribution in [0.15, 0.2) is 80.8 Å². The first-order chi connectivity index (χ1) is 18.3. The lowest BCUT2D eigenvalue weighted by Gasteiger charge is -2.14. The Morgan fingerprint density at radius 1 is 1.05 bits per heavy atom. The van der Waals surface area contributed by atoms with Crippen LogP contribution in [0, 0.1) is 6.92 Å². The summed E-state index contributed by atoms with van der Waals surface area (Å²) in [6, 6.07) is 18.8. The molecule has 1 N–H and O–H groups in total. The van der Waals surface area contributed by atoms with Gasteiger partial charge >= 0.3 is 5.69 Å². The number of anilines is 1. The third kappa shape index (κ3) is 4.94. The number of ether oxygens (including phenoxy) is 1. The molecule has 192 valence electrons. The summed E-state index contributed by atoms with van der Waals surface area (Å²) in [6.45, 7) is 1.24. The van der Waals surface area contributed by atoms with Crippen LogP contribution in [-0.2, 0) is 17.9 Å². The summed E-state index contributed by atoms with van der Waals surface area (Å²) in [4.78, 5) is 44.0. The van der Waals surface area contributed by atoms with Gasteiger partial charge in [-0.25, -0.2) is 4.79 Å². The highest BCUT2D eigenvalue weighted by molar-refractivity contribution is 6.31. The van der Waals surface area contributed by atoms with Crippen molar-refractivity contribution < 1.29 is 14.1 Å². The predicted octanol–water partition coefficient (Wildman–Crippen LogP) is 3.87. The molecule has 0 atom stereocenters. The summed E-state index contributed by atoms with van der Waals surface area (Å²) >= 11 is 6.06. The first-order valence-corrected chi connectivity index (χ1v) is 12.0. The number of methoxy groups -OCH3 is 1. The molecule has 38 heavy (non-hydrogen) atoms. The van der Waals surface area contributed by atoms with Crippen LogP contribution in [0.5, 0.6) is 5.75 Å². The minimum absolute atomic E-state index is 0.0656. The Morgan fingerprint density at radius 2 is 1.82 bits per heavy atom. The van der Waals surface area contributed by atoms with E-state index in [1.165, 1.54) is 4.57 Å².